The number of hydrogen-bond donors (Lipinski definition) is 3. The van der Waals surface area contributed by atoms with Crippen molar-refractivity contribution in [3.63, 3.8) is 0 Å². The van der Waals surface area contributed by atoms with E-state index in [0.717, 1.165) is 19.3 Å². The summed E-state index contributed by atoms with van der Waals surface area (Å²) in [5.41, 5.74) is 4.98. The van der Waals surface area contributed by atoms with Crippen molar-refractivity contribution >= 4 is 5.97 Å². The fraction of sp³-hybridized carbons (Fsp3) is 0.909. The predicted octanol–water partition coefficient (Wildman–Crippen LogP) is 1.76. The predicted molar refractivity (Wildman–Crippen MR) is 61.7 cm³/mol. The molecule has 0 aliphatic heterocycles. The van der Waals surface area contributed by atoms with E-state index in [1.165, 1.54) is 0 Å². The van der Waals surface area contributed by atoms with Crippen molar-refractivity contribution in [2.24, 2.45) is 5.73 Å². The monoisotopic (exact) mass is 219 g/mol. The molecule has 15 heavy (non-hydrogen) atoms. The highest BCUT2D eigenvalue weighted by Crippen LogP contribution is 2.01. The Balaban J connectivity index is 0. The Morgan fingerprint density at radius 2 is 1.80 bits per heavy atom. The lowest BCUT2D eigenvalue weighted by atomic mass is 10.0. The Morgan fingerprint density at radius 1 is 1.40 bits per heavy atom. The molecule has 0 amide bonds. The van der Waals surface area contributed by atoms with Crippen LogP contribution in [0.25, 0.3) is 0 Å². The van der Waals surface area contributed by atoms with Crippen LogP contribution in [-0.2, 0) is 4.79 Å². The Hall–Kier alpha value is -0.610. The molecule has 0 aromatic carbocycles. The number of nitrogens with two attached hydrogens (primary N) is 1. The number of carboxylic acids is 1. The zero-order valence-corrected chi connectivity index (χ0v) is 10.3. The quantitative estimate of drug-likeness (QED) is 0.615. The summed E-state index contributed by atoms with van der Waals surface area (Å²) in [6, 6.07) is 0. The lowest BCUT2D eigenvalue weighted by Crippen LogP contribution is -2.43. The standard InChI is InChI=1S/C6H12O2.C5H13NO/c1-2-3-4-5-6(7)8;1-4(7)5(2,3)6/h2-5H2,1H3,(H,7,8);4,7H,6H2,1-3H3. The molecule has 0 bridgehead atoms. The van der Waals surface area contributed by atoms with Gasteiger partial charge in [0.15, 0.2) is 0 Å². The van der Waals surface area contributed by atoms with Gasteiger partial charge in [-0.05, 0) is 27.2 Å². The minimum atomic E-state index is -0.682. The van der Waals surface area contributed by atoms with Gasteiger partial charge in [-0.1, -0.05) is 19.8 Å². The van der Waals surface area contributed by atoms with Crippen LogP contribution >= 0.6 is 0 Å². The van der Waals surface area contributed by atoms with Crippen LogP contribution in [-0.4, -0.2) is 27.8 Å². The number of aliphatic hydroxyl groups excluding tert-OH is 1. The molecule has 4 heteroatoms. The second kappa shape index (κ2) is 8.68. The molecule has 0 aromatic heterocycles. The average Bonchev–Trinajstić information content (AvgIpc) is 2.03. The Morgan fingerprint density at radius 3 is 2.00 bits per heavy atom. The van der Waals surface area contributed by atoms with Crippen molar-refractivity contribution < 1.29 is 15.0 Å². The number of aliphatic hydroxyl groups is 1. The zero-order chi connectivity index (χ0) is 12.5. The van der Waals surface area contributed by atoms with Gasteiger partial charge in [-0.3, -0.25) is 4.79 Å². The molecule has 0 aliphatic rings. The van der Waals surface area contributed by atoms with Gasteiger partial charge in [0.25, 0.3) is 0 Å². The molecule has 4 nitrogen and oxygen atoms in total. The van der Waals surface area contributed by atoms with Crippen LogP contribution in [0.5, 0.6) is 0 Å². The lowest BCUT2D eigenvalue weighted by Gasteiger charge is -2.21. The number of hydrogen-bond acceptors (Lipinski definition) is 3. The maximum absolute atomic E-state index is 9.87. The smallest absolute Gasteiger partial charge is 0.303 e. The summed E-state index contributed by atoms with van der Waals surface area (Å²) in [5.74, 6) is -0.682. The highest BCUT2D eigenvalue weighted by Gasteiger charge is 2.16. The average molecular weight is 219 g/mol. The van der Waals surface area contributed by atoms with Gasteiger partial charge in [0.2, 0.25) is 0 Å². The molecule has 0 saturated heterocycles. The second-order valence-corrected chi connectivity index (χ2v) is 4.35. The van der Waals surface area contributed by atoms with E-state index in [1.54, 1.807) is 20.8 Å². The van der Waals surface area contributed by atoms with Crippen molar-refractivity contribution in [1.29, 1.82) is 0 Å². The van der Waals surface area contributed by atoms with Crippen molar-refractivity contribution in [2.75, 3.05) is 0 Å². The van der Waals surface area contributed by atoms with E-state index >= 15 is 0 Å². The van der Waals surface area contributed by atoms with Gasteiger partial charge in [-0.2, -0.15) is 0 Å². The topological polar surface area (TPSA) is 83.5 Å². The van der Waals surface area contributed by atoms with Crippen molar-refractivity contribution in [2.45, 2.75) is 65.0 Å². The number of carbonyl (C=O) groups is 1. The molecule has 0 fully saturated rings. The van der Waals surface area contributed by atoms with Gasteiger partial charge in [0, 0.05) is 12.0 Å². The number of aliphatic carboxylic acids is 1. The summed E-state index contributed by atoms with van der Waals surface area (Å²) < 4.78 is 0. The van der Waals surface area contributed by atoms with E-state index in [-0.39, 0.29) is 0 Å². The fourth-order valence-electron chi connectivity index (χ4n) is 0.526. The first-order chi connectivity index (χ1) is 6.71. The fourth-order valence-corrected chi connectivity index (χ4v) is 0.526. The van der Waals surface area contributed by atoms with Crippen molar-refractivity contribution in [1.82, 2.24) is 0 Å². The Bertz CT molecular complexity index is 162. The van der Waals surface area contributed by atoms with Gasteiger partial charge in [0.1, 0.15) is 0 Å². The first-order valence-electron chi connectivity index (χ1n) is 5.40. The number of unbranched alkanes of at least 4 members (excludes halogenated alkanes) is 2. The summed E-state index contributed by atoms with van der Waals surface area (Å²) >= 11 is 0. The number of carboxylic acid groups (broad SMARTS) is 1. The van der Waals surface area contributed by atoms with Gasteiger partial charge >= 0.3 is 5.97 Å². The van der Waals surface area contributed by atoms with Gasteiger partial charge in [-0.15, -0.1) is 0 Å². The molecule has 1 unspecified atom stereocenters. The summed E-state index contributed by atoms with van der Waals surface area (Å²) in [4.78, 5) is 9.87. The van der Waals surface area contributed by atoms with Crippen molar-refractivity contribution in [3.05, 3.63) is 0 Å². The van der Waals surface area contributed by atoms with Gasteiger partial charge in [0.05, 0.1) is 6.10 Å². The Kier molecular flexibility index (Phi) is 9.72. The largest absolute Gasteiger partial charge is 0.481 e. The summed E-state index contributed by atoms with van der Waals surface area (Å²) in [6.07, 6.45) is 2.85. The summed E-state index contributed by atoms with van der Waals surface area (Å²) in [7, 11) is 0. The molecule has 0 saturated carbocycles. The maximum atomic E-state index is 9.87. The molecular formula is C11H25NO3. The normalized spacial score (nSPS) is 12.7. The van der Waals surface area contributed by atoms with Crippen LogP contribution in [0.4, 0.5) is 0 Å². The molecule has 4 N–H and O–H groups in total. The molecular weight excluding hydrogens is 194 g/mol. The van der Waals surface area contributed by atoms with Gasteiger partial charge in [-0.25, -0.2) is 0 Å². The molecule has 0 aliphatic carbocycles. The van der Waals surface area contributed by atoms with Crippen molar-refractivity contribution in [3.8, 4) is 0 Å². The van der Waals surface area contributed by atoms with E-state index in [2.05, 4.69) is 6.92 Å². The molecule has 0 spiro atoms. The third-order valence-electron chi connectivity index (χ3n) is 2.07. The molecule has 0 rings (SSSR count). The highest BCUT2D eigenvalue weighted by molar-refractivity contribution is 5.66. The number of rotatable bonds is 5. The SMILES string of the molecule is CC(O)C(C)(C)N.CCCCCC(=O)O. The van der Waals surface area contributed by atoms with E-state index < -0.39 is 17.6 Å². The first-order valence-corrected chi connectivity index (χ1v) is 5.40. The lowest BCUT2D eigenvalue weighted by molar-refractivity contribution is -0.137. The van der Waals surface area contributed by atoms with Crippen LogP contribution in [0, 0.1) is 0 Å². The zero-order valence-electron chi connectivity index (χ0n) is 10.3. The summed E-state index contributed by atoms with van der Waals surface area (Å²) in [6.45, 7) is 7.32. The molecule has 1 atom stereocenters. The molecule has 0 heterocycles. The van der Waals surface area contributed by atoms with Crippen LogP contribution in [0.1, 0.15) is 53.4 Å². The minimum absolute atomic E-state index is 0.327. The van der Waals surface area contributed by atoms with Crippen LogP contribution < -0.4 is 5.73 Å². The van der Waals surface area contributed by atoms with Crippen LogP contribution in [0.3, 0.4) is 0 Å². The van der Waals surface area contributed by atoms with Gasteiger partial charge < -0.3 is 15.9 Å². The highest BCUT2D eigenvalue weighted by atomic mass is 16.4. The van der Waals surface area contributed by atoms with Crippen LogP contribution in [0.15, 0.2) is 0 Å². The van der Waals surface area contributed by atoms with Crippen LogP contribution in [0.2, 0.25) is 0 Å². The molecule has 0 radical (unpaired) electrons. The molecule has 0 aromatic rings. The van der Waals surface area contributed by atoms with E-state index in [4.69, 9.17) is 15.9 Å². The summed E-state index contributed by atoms with van der Waals surface area (Å²) in [5, 5.41) is 16.9. The van der Waals surface area contributed by atoms with E-state index in [0.29, 0.717) is 6.42 Å². The second-order valence-electron chi connectivity index (χ2n) is 4.35. The molecule has 92 valence electrons. The van der Waals surface area contributed by atoms with E-state index in [9.17, 15) is 4.79 Å². The minimum Gasteiger partial charge on any atom is -0.481 e. The maximum Gasteiger partial charge on any atom is 0.303 e. The Labute approximate surface area is 92.5 Å². The third kappa shape index (κ3) is 16.1. The first kappa shape index (κ1) is 16.8. The van der Waals surface area contributed by atoms with E-state index in [1.807, 2.05) is 0 Å². The third-order valence-corrected chi connectivity index (χ3v) is 2.07.